The van der Waals surface area contributed by atoms with E-state index in [1.807, 2.05) is 53.7 Å². The lowest BCUT2D eigenvalue weighted by Gasteiger charge is -2.28. The van der Waals surface area contributed by atoms with E-state index < -0.39 is 39.7 Å². The Bertz CT molecular complexity index is 1150. The molecule has 2 aromatic carbocycles. The largest absolute Gasteiger partial charge is 0.380 e. The summed E-state index contributed by atoms with van der Waals surface area (Å²) in [5.74, 6) is -15.7. The summed E-state index contributed by atoms with van der Waals surface area (Å²) in [5, 5.41) is 0. The molecule has 0 saturated carbocycles. The summed E-state index contributed by atoms with van der Waals surface area (Å²) in [6.07, 6.45) is 0.967. The van der Waals surface area contributed by atoms with Crippen molar-refractivity contribution in [3.8, 4) is 0 Å². The Morgan fingerprint density at radius 1 is 0.571 bits per heavy atom. The zero-order valence-corrected chi connectivity index (χ0v) is 21.5. The van der Waals surface area contributed by atoms with Gasteiger partial charge >= 0.3 is 17.8 Å². The molecule has 0 spiro atoms. The second-order valence-corrected chi connectivity index (χ2v) is 12.1. The number of alkyl halides is 6. The fourth-order valence-electron chi connectivity index (χ4n) is 5.16. The number of allylic oxidation sites excluding steroid dienone is 2. The fraction of sp³-hybridized carbons (Fsp3) is 0.517. The van der Waals surface area contributed by atoms with Gasteiger partial charge in [-0.05, 0) is 82.0 Å². The molecule has 35 heavy (non-hydrogen) atoms. The van der Waals surface area contributed by atoms with E-state index in [1.165, 1.54) is 12.1 Å². The normalized spacial score (nSPS) is 20.6. The minimum Gasteiger partial charge on any atom is -0.194 e. The van der Waals surface area contributed by atoms with E-state index in [4.69, 9.17) is 0 Å². The third-order valence-corrected chi connectivity index (χ3v) is 7.63. The van der Waals surface area contributed by atoms with Crippen molar-refractivity contribution >= 4 is 11.1 Å². The smallest absolute Gasteiger partial charge is 0.194 e. The summed E-state index contributed by atoms with van der Waals surface area (Å²) < 4.78 is 92.1. The van der Waals surface area contributed by atoms with Gasteiger partial charge in [-0.15, -0.1) is 0 Å². The molecule has 0 unspecified atom stereocenters. The molecule has 6 heteroatoms. The molecule has 0 nitrogen and oxygen atoms in total. The van der Waals surface area contributed by atoms with E-state index >= 15 is 17.6 Å². The molecular formula is C29H32F6. The Morgan fingerprint density at radius 2 is 0.886 bits per heavy atom. The summed E-state index contributed by atoms with van der Waals surface area (Å²) >= 11 is 0. The second kappa shape index (κ2) is 7.39. The first kappa shape index (κ1) is 25.8. The van der Waals surface area contributed by atoms with Gasteiger partial charge in [-0.25, -0.2) is 0 Å². The number of hydrogen-bond acceptors (Lipinski definition) is 0. The highest BCUT2D eigenvalue weighted by Crippen LogP contribution is 2.65. The Morgan fingerprint density at radius 3 is 1.17 bits per heavy atom. The van der Waals surface area contributed by atoms with Crippen LogP contribution in [0.2, 0.25) is 0 Å². The first-order chi connectivity index (χ1) is 15.7. The van der Waals surface area contributed by atoms with Crippen LogP contribution in [-0.4, -0.2) is 17.8 Å². The van der Waals surface area contributed by atoms with Crippen LogP contribution in [0.5, 0.6) is 0 Å². The predicted molar refractivity (Wildman–Crippen MR) is 129 cm³/mol. The van der Waals surface area contributed by atoms with Crippen molar-refractivity contribution in [2.45, 2.75) is 96.8 Å². The Labute approximate surface area is 203 Å². The highest BCUT2D eigenvalue weighted by atomic mass is 19.3. The molecule has 0 fully saturated rings. The van der Waals surface area contributed by atoms with Crippen LogP contribution in [0, 0.1) is 13.8 Å². The van der Waals surface area contributed by atoms with Gasteiger partial charge in [-0.2, -0.15) is 26.3 Å². The van der Waals surface area contributed by atoms with E-state index in [-0.39, 0.29) is 11.1 Å². The Hall–Kier alpha value is -2.24. The quantitative estimate of drug-likeness (QED) is 0.321. The van der Waals surface area contributed by atoms with Gasteiger partial charge < -0.3 is 0 Å². The molecule has 190 valence electrons. The van der Waals surface area contributed by atoms with Gasteiger partial charge in [0.15, 0.2) is 0 Å². The maximum absolute atomic E-state index is 15.5. The van der Waals surface area contributed by atoms with Gasteiger partial charge in [-0.3, -0.25) is 0 Å². The molecule has 0 N–H and O–H groups in total. The predicted octanol–water partition coefficient (Wildman–Crippen LogP) is 8.83. The first-order valence-corrected chi connectivity index (χ1v) is 11.9. The van der Waals surface area contributed by atoms with Crippen LogP contribution in [0.1, 0.15) is 86.1 Å². The Balaban J connectivity index is 2.26. The van der Waals surface area contributed by atoms with E-state index in [9.17, 15) is 8.78 Å². The molecule has 4 rings (SSSR count). The van der Waals surface area contributed by atoms with Gasteiger partial charge in [0.1, 0.15) is 0 Å². The van der Waals surface area contributed by atoms with E-state index in [2.05, 4.69) is 0 Å². The average Bonchev–Trinajstić information content (AvgIpc) is 2.80. The maximum atomic E-state index is 15.5. The summed E-state index contributed by atoms with van der Waals surface area (Å²) in [6.45, 7) is 14.4. The Kier molecular flexibility index (Phi) is 5.46. The van der Waals surface area contributed by atoms with Crippen molar-refractivity contribution in [1.29, 1.82) is 0 Å². The van der Waals surface area contributed by atoms with E-state index in [0.717, 1.165) is 0 Å². The molecule has 0 aliphatic heterocycles. The van der Waals surface area contributed by atoms with Crippen molar-refractivity contribution in [2.75, 3.05) is 0 Å². The maximum Gasteiger partial charge on any atom is 0.380 e. The minimum absolute atomic E-state index is 0.215. The molecule has 2 aliphatic rings. The number of fused-ring (bicyclic) bond motifs is 6. The number of hydrogen-bond donors (Lipinski definition) is 0. The third kappa shape index (κ3) is 3.57. The van der Waals surface area contributed by atoms with Crippen molar-refractivity contribution < 1.29 is 26.3 Å². The lowest BCUT2D eigenvalue weighted by atomic mass is 9.77. The van der Waals surface area contributed by atoms with Crippen LogP contribution >= 0.6 is 0 Å². The van der Waals surface area contributed by atoms with Crippen LogP contribution in [0.15, 0.2) is 24.3 Å². The fourth-order valence-corrected chi connectivity index (χ4v) is 5.16. The van der Waals surface area contributed by atoms with Crippen molar-refractivity contribution in [1.82, 2.24) is 0 Å². The lowest BCUT2D eigenvalue weighted by molar-refractivity contribution is -0.254. The van der Waals surface area contributed by atoms with Crippen LogP contribution in [0.25, 0.3) is 11.1 Å². The molecule has 2 aromatic rings. The standard InChI is InChI=1S/C29H32F6/c1-15-17-9-10-18-12-20(26(6,7)8)14-22(16(18)2)24-23(21(15)13-19(11-17)25(3,4)5)27(30,31)29(34,35)28(24,32)33/h11-14H,9-10H2,1-8H3. The zero-order chi connectivity index (χ0) is 26.5. The molecular weight excluding hydrogens is 462 g/mol. The van der Waals surface area contributed by atoms with E-state index in [1.54, 1.807) is 13.8 Å². The zero-order valence-electron chi connectivity index (χ0n) is 21.5. The lowest BCUT2D eigenvalue weighted by Crippen LogP contribution is -2.49. The van der Waals surface area contributed by atoms with Crippen molar-refractivity contribution in [3.63, 3.8) is 0 Å². The number of halogens is 6. The first-order valence-electron chi connectivity index (χ1n) is 11.9. The third-order valence-electron chi connectivity index (χ3n) is 7.63. The van der Waals surface area contributed by atoms with E-state index in [0.29, 0.717) is 46.2 Å². The molecule has 4 bridgehead atoms. The molecule has 0 amide bonds. The molecule has 0 saturated heterocycles. The van der Waals surface area contributed by atoms with Crippen molar-refractivity contribution in [3.05, 3.63) is 68.8 Å². The SMILES string of the molecule is Cc1c2cc(C(C)(C)C)cc1C1=C(c3cc(C(C)(C)C)cc(c3C)CC2)C(F)(F)C(F)(F)C1(F)F. The topological polar surface area (TPSA) is 0 Å². The van der Waals surface area contributed by atoms with Crippen LogP contribution in [0.3, 0.4) is 0 Å². The molecule has 2 aliphatic carbocycles. The van der Waals surface area contributed by atoms with Crippen LogP contribution in [-0.2, 0) is 23.7 Å². The van der Waals surface area contributed by atoms with Gasteiger partial charge in [0.25, 0.3) is 0 Å². The second-order valence-electron chi connectivity index (χ2n) is 12.1. The van der Waals surface area contributed by atoms with Crippen LogP contribution < -0.4 is 0 Å². The molecule has 0 aromatic heterocycles. The summed E-state index contributed by atoms with van der Waals surface area (Å²) in [4.78, 5) is 0. The highest BCUT2D eigenvalue weighted by molar-refractivity contribution is 6.02. The molecule has 0 atom stereocenters. The van der Waals surface area contributed by atoms with Crippen LogP contribution in [0.4, 0.5) is 26.3 Å². The highest BCUT2D eigenvalue weighted by Gasteiger charge is 2.80. The van der Waals surface area contributed by atoms with Gasteiger partial charge in [0.2, 0.25) is 0 Å². The number of rotatable bonds is 0. The minimum atomic E-state index is -5.56. The number of aryl methyl sites for hydroxylation is 2. The van der Waals surface area contributed by atoms with Gasteiger partial charge in [-0.1, -0.05) is 65.8 Å². The van der Waals surface area contributed by atoms with Gasteiger partial charge in [0, 0.05) is 11.1 Å². The molecule has 0 radical (unpaired) electrons. The number of benzene rings is 2. The van der Waals surface area contributed by atoms with Gasteiger partial charge in [0.05, 0.1) is 0 Å². The summed E-state index contributed by atoms with van der Waals surface area (Å²) in [7, 11) is 0. The van der Waals surface area contributed by atoms with Crippen molar-refractivity contribution in [2.24, 2.45) is 0 Å². The average molecular weight is 495 g/mol. The monoisotopic (exact) mass is 494 g/mol. The molecule has 0 heterocycles. The summed E-state index contributed by atoms with van der Waals surface area (Å²) in [6, 6.07) is 6.61. The summed E-state index contributed by atoms with van der Waals surface area (Å²) in [5.41, 5.74) is -0.531.